The van der Waals surface area contributed by atoms with Crippen molar-refractivity contribution in [2.24, 2.45) is 0 Å². The highest BCUT2D eigenvalue weighted by Gasteiger charge is 2.18. The Balaban J connectivity index is 0.000000207. The van der Waals surface area contributed by atoms with Crippen molar-refractivity contribution in [1.82, 2.24) is 9.27 Å². The second kappa shape index (κ2) is 9.18. The van der Waals surface area contributed by atoms with Crippen molar-refractivity contribution < 1.29 is 4.79 Å². The first-order chi connectivity index (χ1) is 13.4. The summed E-state index contributed by atoms with van der Waals surface area (Å²) >= 11 is 3.12. The van der Waals surface area contributed by atoms with Crippen LogP contribution in [0.4, 0.5) is 0 Å². The average molecular weight is 431 g/mol. The molecule has 0 aliphatic carbocycles. The molecule has 29 heavy (non-hydrogen) atoms. The highest BCUT2D eigenvalue weighted by atomic mass is 32.2. The monoisotopic (exact) mass is 430 g/mol. The van der Waals surface area contributed by atoms with Crippen molar-refractivity contribution >= 4 is 39.3 Å². The first-order valence-electron chi connectivity index (χ1n) is 9.51. The topological polar surface area (TPSA) is 51.1 Å². The van der Waals surface area contributed by atoms with E-state index in [1.807, 2.05) is 100 Å². The summed E-state index contributed by atoms with van der Waals surface area (Å²) in [5.41, 5.74) is 0.557. The van der Waals surface area contributed by atoms with Gasteiger partial charge in [-0.25, -0.2) is 0 Å². The van der Waals surface area contributed by atoms with Gasteiger partial charge in [-0.05, 0) is 72.1 Å². The van der Waals surface area contributed by atoms with E-state index in [2.05, 4.69) is 5.32 Å². The Morgan fingerprint density at radius 2 is 1.55 bits per heavy atom. The summed E-state index contributed by atoms with van der Waals surface area (Å²) in [5.74, 6) is -0.00699. The standard InChI is InChI=1S/C12H17NOS.C11H13NOS/c1-12(2,3)13-11(14)9-7-5-6-8-10(9)15-4;1-11(2,3)12-10(13)8-6-4-5-7-9(8)14-12/h5-8H,1-4H3,(H,13,14);4-7H,1-3H3. The van der Waals surface area contributed by atoms with Crippen LogP contribution in [0.3, 0.4) is 0 Å². The number of amides is 1. The second-order valence-corrected chi connectivity index (χ2v) is 10.6. The van der Waals surface area contributed by atoms with Crippen LogP contribution in [0.2, 0.25) is 0 Å². The predicted molar refractivity (Wildman–Crippen MR) is 127 cm³/mol. The van der Waals surface area contributed by atoms with Crippen molar-refractivity contribution in [3.63, 3.8) is 0 Å². The van der Waals surface area contributed by atoms with E-state index in [0.717, 1.165) is 20.5 Å². The Hall–Kier alpha value is -2.05. The van der Waals surface area contributed by atoms with Gasteiger partial charge in [-0.2, -0.15) is 0 Å². The minimum absolute atomic E-state index is 0.00699. The molecule has 0 bridgehead atoms. The Morgan fingerprint density at radius 1 is 0.966 bits per heavy atom. The molecule has 0 radical (unpaired) electrons. The third kappa shape index (κ3) is 6.21. The summed E-state index contributed by atoms with van der Waals surface area (Å²) in [6, 6.07) is 15.4. The SMILES string of the molecule is CC(C)(C)n1sc2ccccc2c1=O.CSc1ccccc1C(=O)NC(C)(C)C. The Kier molecular flexibility index (Phi) is 7.35. The fraction of sp³-hybridized carbons (Fsp3) is 0.391. The number of nitrogens with zero attached hydrogens (tertiary/aromatic N) is 1. The van der Waals surface area contributed by atoms with Gasteiger partial charge in [0.2, 0.25) is 0 Å². The lowest BCUT2D eigenvalue weighted by Crippen LogP contribution is -2.40. The van der Waals surface area contributed by atoms with Gasteiger partial charge in [0.1, 0.15) is 0 Å². The highest BCUT2D eigenvalue weighted by molar-refractivity contribution is 7.98. The lowest BCUT2D eigenvalue weighted by Gasteiger charge is -2.21. The molecule has 1 amide bonds. The van der Waals surface area contributed by atoms with E-state index in [1.54, 1.807) is 11.8 Å². The minimum atomic E-state index is -0.192. The van der Waals surface area contributed by atoms with E-state index in [9.17, 15) is 9.59 Å². The molecular formula is C23H30N2O2S2. The molecule has 4 nitrogen and oxygen atoms in total. The molecule has 1 heterocycles. The van der Waals surface area contributed by atoms with Crippen molar-refractivity contribution in [3.05, 3.63) is 64.4 Å². The minimum Gasteiger partial charge on any atom is -0.347 e. The average Bonchev–Trinajstić information content (AvgIpc) is 2.98. The van der Waals surface area contributed by atoms with Crippen LogP contribution in [0.25, 0.3) is 10.1 Å². The summed E-state index contributed by atoms with van der Waals surface area (Å²) in [7, 11) is 0. The second-order valence-electron chi connectivity index (χ2n) is 8.76. The van der Waals surface area contributed by atoms with Gasteiger partial charge in [0.25, 0.3) is 11.5 Å². The molecule has 0 unspecified atom stereocenters. The van der Waals surface area contributed by atoms with E-state index in [1.165, 1.54) is 11.5 Å². The van der Waals surface area contributed by atoms with Crippen molar-refractivity contribution in [2.45, 2.75) is 57.5 Å². The van der Waals surface area contributed by atoms with Crippen LogP contribution in [0.15, 0.2) is 58.2 Å². The Bertz CT molecular complexity index is 1040. The van der Waals surface area contributed by atoms with Gasteiger partial charge < -0.3 is 5.32 Å². The number of hydrogen-bond acceptors (Lipinski definition) is 4. The number of fused-ring (bicyclic) bond motifs is 1. The maximum Gasteiger partial charge on any atom is 0.269 e. The summed E-state index contributed by atoms with van der Waals surface area (Å²) in [5, 5.41) is 3.78. The number of thioether (sulfide) groups is 1. The third-order valence-electron chi connectivity index (χ3n) is 3.94. The number of rotatable bonds is 2. The maximum atomic E-state index is 11.9. The van der Waals surface area contributed by atoms with Crippen LogP contribution < -0.4 is 10.9 Å². The molecular weight excluding hydrogens is 400 g/mol. The van der Waals surface area contributed by atoms with E-state index >= 15 is 0 Å². The lowest BCUT2D eigenvalue weighted by atomic mass is 10.1. The smallest absolute Gasteiger partial charge is 0.269 e. The molecule has 0 fully saturated rings. The molecule has 156 valence electrons. The van der Waals surface area contributed by atoms with E-state index in [-0.39, 0.29) is 22.5 Å². The summed E-state index contributed by atoms with van der Waals surface area (Å²) in [6.07, 6.45) is 1.98. The van der Waals surface area contributed by atoms with Crippen LogP contribution in [0, 0.1) is 0 Å². The quantitative estimate of drug-likeness (QED) is 0.526. The molecule has 0 saturated carbocycles. The van der Waals surface area contributed by atoms with Crippen LogP contribution >= 0.6 is 23.3 Å². The van der Waals surface area contributed by atoms with Gasteiger partial charge in [-0.15, -0.1) is 11.8 Å². The zero-order chi connectivity index (χ0) is 21.8. The molecule has 0 atom stereocenters. The van der Waals surface area contributed by atoms with Gasteiger partial charge in [0, 0.05) is 10.4 Å². The number of carbonyl (C=O) groups excluding carboxylic acids is 1. The molecule has 3 aromatic rings. The molecule has 1 N–H and O–H groups in total. The zero-order valence-corrected chi connectivity index (χ0v) is 19.8. The van der Waals surface area contributed by atoms with Crippen molar-refractivity contribution in [2.75, 3.05) is 6.26 Å². The Morgan fingerprint density at radius 3 is 2.10 bits per heavy atom. The molecule has 6 heteroatoms. The molecule has 1 aromatic heterocycles. The number of nitrogens with one attached hydrogen (secondary N) is 1. The van der Waals surface area contributed by atoms with Crippen molar-refractivity contribution in [1.29, 1.82) is 0 Å². The number of aromatic nitrogens is 1. The van der Waals surface area contributed by atoms with E-state index in [0.29, 0.717) is 0 Å². The molecule has 0 spiro atoms. The fourth-order valence-electron chi connectivity index (χ4n) is 2.65. The van der Waals surface area contributed by atoms with E-state index in [4.69, 9.17) is 0 Å². The van der Waals surface area contributed by atoms with Crippen LogP contribution in [0.5, 0.6) is 0 Å². The summed E-state index contributed by atoms with van der Waals surface area (Å²) in [6.45, 7) is 12.1. The van der Waals surface area contributed by atoms with Crippen molar-refractivity contribution in [3.8, 4) is 0 Å². The first kappa shape index (κ1) is 23.2. The normalized spacial score (nSPS) is 11.7. The van der Waals surface area contributed by atoms with Crippen LogP contribution in [-0.4, -0.2) is 21.7 Å². The fourth-order valence-corrected chi connectivity index (χ4v) is 4.29. The van der Waals surface area contributed by atoms with Gasteiger partial charge in [-0.1, -0.05) is 35.8 Å². The van der Waals surface area contributed by atoms with Gasteiger partial charge in [0.05, 0.1) is 21.2 Å². The third-order valence-corrected chi connectivity index (χ3v) is 6.19. The van der Waals surface area contributed by atoms with Gasteiger partial charge >= 0.3 is 0 Å². The largest absolute Gasteiger partial charge is 0.347 e. The first-order valence-corrected chi connectivity index (χ1v) is 11.5. The number of carbonyl (C=O) groups is 1. The molecule has 3 rings (SSSR count). The molecule has 2 aromatic carbocycles. The number of hydrogen-bond donors (Lipinski definition) is 1. The number of benzene rings is 2. The van der Waals surface area contributed by atoms with Crippen LogP contribution in [-0.2, 0) is 5.54 Å². The van der Waals surface area contributed by atoms with Gasteiger partial charge in [0.15, 0.2) is 0 Å². The molecule has 0 saturated heterocycles. The van der Waals surface area contributed by atoms with Gasteiger partial charge in [-0.3, -0.25) is 13.5 Å². The Labute approximate surface area is 181 Å². The predicted octanol–water partition coefficient (Wildman–Crippen LogP) is 5.75. The molecule has 0 aliphatic heterocycles. The zero-order valence-electron chi connectivity index (χ0n) is 18.2. The summed E-state index contributed by atoms with van der Waals surface area (Å²) < 4.78 is 2.89. The highest BCUT2D eigenvalue weighted by Crippen LogP contribution is 2.22. The maximum absolute atomic E-state index is 11.9. The molecule has 0 aliphatic rings. The summed E-state index contributed by atoms with van der Waals surface area (Å²) in [4.78, 5) is 24.9. The lowest BCUT2D eigenvalue weighted by molar-refractivity contribution is 0.0916. The van der Waals surface area contributed by atoms with Crippen LogP contribution in [0.1, 0.15) is 51.9 Å². The van der Waals surface area contributed by atoms with E-state index < -0.39 is 0 Å².